The van der Waals surface area contributed by atoms with Gasteiger partial charge in [0.15, 0.2) is 0 Å². The zero-order chi connectivity index (χ0) is 20.3. The SMILES string of the molecule is Cc1ccc(NC(=O)CCCNC(=O)c2c(C)nc3c(C)cccn23)cc1C. The molecule has 0 unspecified atom stereocenters. The maximum absolute atomic E-state index is 12.6. The Morgan fingerprint density at radius 1 is 1.04 bits per heavy atom. The van der Waals surface area contributed by atoms with Gasteiger partial charge in [-0.3, -0.25) is 14.0 Å². The lowest BCUT2D eigenvalue weighted by Crippen LogP contribution is -2.27. The molecule has 0 aliphatic heterocycles. The number of nitrogens with zero attached hydrogens (tertiary/aromatic N) is 2. The van der Waals surface area contributed by atoms with Gasteiger partial charge in [-0.2, -0.15) is 0 Å². The number of carbonyl (C=O) groups excluding carboxylic acids is 2. The van der Waals surface area contributed by atoms with Crippen molar-refractivity contribution in [2.75, 3.05) is 11.9 Å². The predicted octanol–water partition coefficient (Wildman–Crippen LogP) is 3.72. The molecule has 2 aromatic heterocycles. The summed E-state index contributed by atoms with van der Waals surface area (Å²) < 4.78 is 1.81. The van der Waals surface area contributed by atoms with Gasteiger partial charge in [0.1, 0.15) is 11.3 Å². The van der Waals surface area contributed by atoms with Crippen LogP contribution in [0.4, 0.5) is 5.69 Å². The Balaban J connectivity index is 1.52. The van der Waals surface area contributed by atoms with Gasteiger partial charge in [-0.25, -0.2) is 4.98 Å². The summed E-state index contributed by atoms with van der Waals surface area (Å²) in [7, 11) is 0. The minimum absolute atomic E-state index is 0.0564. The summed E-state index contributed by atoms with van der Waals surface area (Å²) in [4.78, 5) is 29.2. The number of aryl methyl sites for hydroxylation is 4. The highest BCUT2D eigenvalue weighted by Gasteiger charge is 2.17. The van der Waals surface area contributed by atoms with Crippen LogP contribution in [0, 0.1) is 27.7 Å². The van der Waals surface area contributed by atoms with Gasteiger partial charge in [0.05, 0.1) is 5.69 Å². The quantitative estimate of drug-likeness (QED) is 0.642. The largest absolute Gasteiger partial charge is 0.351 e. The summed E-state index contributed by atoms with van der Waals surface area (Å²) in [5.41, 5.74) is 6.18. The van der Waals surface area contributed by atoms with Gasteiger partial charge in [-0.05, 0) is 69.0 Å². The molecule has 6 heteroatoms. The fraction of sp³-hybridized carbons (Fsp3) is 0.318. The smallest absolute Gasteiger partial charge is 0.270 e. The van der Waals surface area contributed by atoms with Crippen LogP contribution in [0.15, 0.2) is 36.5 Å². The van der Waals surface area contributed by atoms with Crippen molar-refractivity contribution < 1.29 is 9.59 Å². The van der Waals surface area contributed by atoms with E-state index in [4.69, 9.17) is 0 Å². The van der Waals surface area contributed by atoms with E-state index in [9.17, 15) is 9.59 Å². The molecule has 0 spiro atoms. The van der Waals surface area contributed by atoms with Gasteiger partial charge in [0, 0.05) is 24.8 Å². The van der Waals surface area contributed by atoms with E-state index in [2.05, 4.69) is 15.6 Å². The third-order valence-electron chi connectivity index (χ3n) is 4.89. The molecule has 0 aliphatic carbocycles. The van der Waals surface area contributed by atoms with Crippen LogP contribution in [0.3, 0.4) is 0 Å². The highest BCUT2D eigenvalue weighted by atomic mass is 16.2. The number of benzene rings is 1. The summed E-state index contributed by atoms with van der Waals surface area (Å²) >= 11 is 0. The molecule has 28 heavy (non-hydrogen) atoms. The molecule has 0 saturated heterocycles. The Kier molecular flexibility index (Phi) is 5.78. The van der Waals surface area contributed by atoms with Crippen molar-refractivity contribution >= 4 is 23.1 Å². The lowest BCUT2D eigenvalue weighted by molar-refractivity contribution is -0.116. The predicted molar refractivity (Wildman–Crippen MR) is 111 cm³/mol. The van der Waals surface area contributed by atoms with Crippen molar-refractivity contribution in [3.63, 3.8) is 0 Å². The molecule has 146 valence electrons. The number of rotatable bonds is 6. The number of fused-ring (bicyclic) bond motifs is 1. The van der Waals surface area contributed by atoms with E-state index in [-0.39, 0.29) is 11.8 Å². The van der Waals surface area contributed by atoms with Gasteiger partial charge in [-0.15, -0.1) is 0 Å². The number of aromatic nitrogens is 2. The third-order valence-corrected chi connectivity index (χ3v) is 4.89. The van der Waals surface area contributed by atoms with Gasteiger partial charge in [-0.1, -0.05) is 12.1 Å². The fourth-order valence-electron chi connectivity index (χ4n) is 3.17. The second-order valence-electron chi connectivity index (χ2n) is 7.14. The van der Waals surface area contributed by atoms with Crippen LogP contribution in [0.1, 0.15) is 45.7 Å². The van der Waals surface area contributed by atoms with Gasteiger partial charge < -0.3 is 10.6 Å². The summed E-state index contributed by atoms with van der Waals surface area (Å²) in [5.74, 6) is -0.232. The second-order valence-corrected chi connectivity index (χ2v) is 7.14. The highest BCUT2D eigenvalue weighted by Crippen LogP contribution is 2.16. The van der Waals surface area contributed by atoms with Crippen molar-refractivity contribution in [1.82, 2.24) is 14.7 Å². The van der Waals surface area contributed by atoms with E-state index >= 15 is 0 Å². The Morgan fingerprint density at radius 3 is 2.57 bits per heavy atom. The molecule has 0 saturated carbocycles. The zero-order valence-corrected chi connectivity index (χ0v) is 16.8. The Bertz CT molecular complexity index is 1040. The molecule has 6 nitrogen and oxygen atoms in total. The molecule has 0 atom stereocenters. The molecule has 2 N–H and O–H groups in total. The number of amides is 2. The molecule has 3 aromatic rings. The molecule has 2 heterocycles. The van der Waals surface area contributed by atoms with Crippen LogP contribution in [0.25, 0.3) is 5.65 Å². The average molecular weight is 378 g/mol. The minimum Gasteiger partial charge on any atom is -0.351 e. The zero-order valence-electron chi connectivity index (χ0n) is 16.8. The van der Waals surface area contributed by atoms with E-state index in [1.54, 1.807) is 0 Å². The standard InChI is InChI=1S/C22H26N4O2/c1-14-9-10-18(13-16(14)3)25-19(27)8-5-11-23-22(28)20-17(4)24-21-15(2)7-6-12-26(20)21/h6-7,9-10,12-13H,5,8,11H2,1-4H3,(H,23,28)(H,25,27). The van der Waals surface area contributed by atoms with Crippen molar-refractivity contribution in [3.05, 3.63) is 64.6 Å². The number of hydrogen-bond donors (Lipinski definition) is 2. The normalized spacial score (nSPS) is 10.9. The van der Waals surface area contributed by atoms with Gasteiger partial charge in [0.25, 0.3) is 5.91 Å². The lowest BCUT2D eigenvalue weighted by Gasteiger charge is -2.09. The number of hydrogen-bond acceptors (Lipinski definition) is 3. The first-order chi connectivity index (χ1) is 13.4. The maximum atomic E-state index is 12.6. The van der Waals surface area contributed by atoms with E-state index in [0.29, 0.717) is 30.8 Å². The van der Waals surface area contributed by atoms with Crippen LogP contribution in [0.2, 0.25) is 0 Å². The van der Waals surface area contributed by atoms with Gasteiger partial charge in [0.2, 0.25) is 5.91 Å². The van der Waals surface area contributed by atoms with Crippen molar-refractivity contribution in [2.24, 2.45) is 0 Å². The first-order valence-electron chi connectivity index (χ1n) is 9.46. The van der Waals surface area contributed by atoms with Crippen molar-refractivity contribution in [2.45, 2.75) is 40.5 Å². The number of imidazole rings is 1. The Hall–Kier alpha value is -3.15. The van der Waals surface area contributed by atoms with Crippen LogP contribution >= 0.6 is 0 Å². The van der Waals surface area contributed by atoms with Crippen LogP contribution < -0.4 is 10.6 Å². The summed E-state index contributed by atoms with van der Waals surface area (Å²) in [5, 5.41) is 5.79. The van der Waals surface area contributed by atoms with Gasteiger partial charge >= 0.3 is 0 Å². The van der Waals surface area contributed by atoms with Crippen molar-refractivity contribution in [3.8, 4) is 0 Å². The number of carbonyl (C=O) groups is 2. The summed E-state index contributed by atoms with van der Waals surface area (Å²) in [6, 6.07) is 9.72. The van der Waals surface area contributed by atoms with E-state index in [1.165, 1.54) is 5.56 Å². The summed E-state index contributed by atoms with van der Waals surface area (Å²) in [6.07, 6.45) is 2.75. The van der Waals surface area contributed by atoms with E-state index < -0.39 is 0 Å². The molecule has 0 bridgehead atoms. The van der Waals surface area contributed by atoms with E-state index in [1.807, 2.05) is 68.6 Å². The molecule has 2 amide bonds. The first kappa shape index (κ1) is 19.6. The van der Waals surface area contributed by atoms with Crippen molar-refractivity contribution in [1.29, 1.82) is 0 Å². The second kappa shape index (κ2) is 8.25. The molecular weight excluding hydrogens is 352 g/mol. The topological polar surface area (TPSA) is 75.5 Å². The molecule has 0 aliphatic rings. The Labute approximate surface area is 165 Å². The van der Waals surface area contributed by atoms with Crippen LogP contribution in [-0.4, -0.2) is 27.7 Å². The highest BCUT2D eigenvalue weighted by molar-refractivity contribution is 5.95. The molecule has 1 aromatic carbocycles. The number of anilines is 1. The first-order valence-corrected chi connectivity index (χ1v) is 9.46. The maximum Gasteiger partial charge on any atom is 0.270 e. The number of pyridine rings is 1. The molecular formula is C22H26N4O2. The monoisotopic (exact) mass is 378 g/mol. The number of nitrogens with one attached hydrogen (secondary N) is 2. The third kappa shape index (κ3) is 4.22. The minimum atomic E-state index is -0.176. The lowest BCUT2D eigenvalue weighted by atomic mass is 10.1. The molecule has 3 rings (SSSR count). The molecule has 0 fully saturated rings. The molecule has 0 radical (unpaired) electrons. The van der Waals surface area contributed by atoms with E-state index in [0.717, 1.165) is 22.5 Å². The summed E-state index contributed by atoms with van der Waals surface area (Å²) in [6.45, 7) is 8.29. The van der Waals surface area contributed by atoms with Crippen LogP contribution in [-0.2, 0) is 4.79 Å². The fourth-order valence-corrected chi connectivity index (χ4v) is 3.17. The Morgan fingerprint density at radius 2 is 1.82 bits per heavy atom. The average Bonchev–Trinajstić information content (AvgIpc) is 2.99. The van der Waals surface area contributed by atoms with Crippen LogP contribution in [0.5, 0.6) is 0 Å².